The summed E-state index contributed by atoms with van der Waals surface area (Å²) in [5.74, 6) is 0.0773. The van der Waals surface area contributed by atoms with Gasteiger partial charge in [-0.25, -0.2) is 0 Å². The van der Waals surface area contributed by atoms with Crippen LogP contribution in [0.15, 0.2) is 30.5 Å². The van der Waals surface area contributed by atoms with Gasteiger partial charge in [-0.15, -0.1) is 0 Å². The predicted octanol–water partition coefficient (Wildman–Crippen LogP) is 2.28. The number of para-hydroxylation sites is 1. The van der Waals surface area contributed by atoms with E-state index in [0.717, 1.165) is 19.5 Å². The molecule has 0 aliphatic heterocycles. The number of aryl methyl sites for hydroxylation is 1. The Morgan fingerprint density at radius 3 is 2.90 bits per heavy atom. The number of hydrogen-bond donors (Lipinski definition) is 2. The summed E-state index contributed by atoms with van der Waals surface area (Å²) in [6.07, 6.45) is 3.71. The summed E-state index contributed by atoms with van der Waals surface area (Å²) in [5, 5.41) is 7.35. The van der Waals surface area contributed by atoms with Crippen LogP contribution in [0, 0.1) is 0 Å². The average molecular weight is 273 g/mol. The Kier molecular flexibility index (Phi) is 5.18. The van der Waals surface area contributed by atoms with Gasteiger partial charge in [0.25, 0.3) is 0 Å². The van der Waals surface area contributed by atoms with E-state index in [9.17, 15) is 4.79 Å². The first-order chi connectivity index (χ1) is 9.76. The number of carbonyl (C=O) groups is 1. The van der Waals surface area contributed by atoms with Crippen LogP contribution in [0.1, 0.15) is 25.3 Å². The first-order valence-electron chi connectivity index (χ1n) is 7.24. The van der Waals surface area contributed by atoms with Crippen molar-refractivity contribution in [2.75, 3.05) is 13.6 Å². The van der Waals surface area contributed by atoms with Gasteiger partial charge in [0.15, 0.2) is 0 Å². The summed E-state index contributed by atoms with van der Waals surface area (Å²) in [5.41, 5.74) is 2.53. The molecule has 4 nitrogen and oxygen atoms in total. The second-order valence-corrected chi connectivity index (χ2v) is 4.96. The van der Waals surface area contributed by atoms with Crippen LogP contribution in [0.2, 0.25) is 0 Å². The second kappa shape index (κ2) is 7.10. The third-order valence-corrected chi connectivity index (χ3v) is 3.47. The summed E-state index contributed by atoms with van der Waals surface area (Å²) in [6, 6.07) is 8.48. The topological polar surface area (TPSA) is 46.1 Å². The third kappa shape index (κ3) is 3.39. The Bertz CT molecular complexity index is 574. The van der Waals surface area contributed by atoms with Crippen LogP contribution in [0.25, 0.3) is 10.9 Å². The Balaban J connectivity index is 2.19. The van der Waals surface area contributed by atoms with Crippen molar-refractivity contribution in [2.45, 2.75) is 32.9 Å². The molecule has 2 N–H and O–H groups in total. The van der Waals surface area contributed by atoms with Crippen LogP contribution in [0.3, 0.4) is 0 Å². The fourth-order valence-electron chi connectivity index (χ4n) is 2.42. The fourth-order valence-corrected chi connectivity index (χ4v) is 2.42. The van der Waals surface area contributed by atoms with Crippen molar-refractivity contribution in [2.24, 2.45) is 0 Å². The van der Waals surface area contributed by atoms with Gasteiger partial charge in [-0.2, -0.15) is 0 Å². The SMILES string of the molecule is CCCNCc1cccc2ccn(CCC(=O)NC)c12. The quantitative estimate of drug-likeness (QED) is 0.760. The van der Waals surface area contributed by atoms with Crippen LogP contribution in [-0.2, 0) is 17.9 Å². The van der Waals surface area contributed by atoms with Crippen molar-refractivity contribution < 1.29 is 4.79 Å². The number of hydrogen-bond acceptors (Lipinski definition) is 2. The first kappa shape index (κ1) is 14.6. The van der Waals surface area contributed by atoms with Gasteiger partial charge in [0, 0.05) is 32.8 Å². The zero-order valence-corrected chi connectivity index (χ0v) is 12.3. The zero-order chi connectivity index (χ0) is 14.4. The maximum Gasteiger partial charge on any atom is 0.221 e. The number of nitrogens with one attached hydrogen (secondary N) is 2. The molecule has 1 amide bonds. The summed E-state index contributed by atoms with van der Waals surface area (Å²) in [4.78, 5) is 11.4. The van der Waals surface area contributed by atoms with E-state index in [1.165, 1.54) is 16.5 Å². The summed E-state index contributed by atoms with van der Waals surface area (Å²) >= 11 is 0. The van der Waals surface area contributed by atoms with E-state index in [0.29, 0.717) is 13.0 Å². The molecule has 0 bridgehead atoms. The molecule has 1 heterocycles. The zero-order valence-electron chi connectivity index (χ0n) is 12.3. The van der Waals surface area contributed by atoms with Crippen LogP contribution in [0.5, 0.6) is 0 Å². The molecule has 1 aromatic heterocycles. The molecule has 1 aromatic carbocycles. The van der Waals surface area contributed by atoms with Gasteiger partial charge >= 0.3 is 0 Å². The molecule has 0 radical (unpaired) electrons. The van der Waals surface area contributed by atoms with Crippen LogP contribution in [0.4, 0.5) is 0 Å². The van der Waals surface area contributed by atoms with Gasteiger partial charge in [0.1, 0.15) is 0 Å². The molecule has 0 saturated heterocycles. The Morgan fingerprint density at radius 1 is 1.30 bits per heavy atom. The highest BCUT2D eigenvalue weighted by Gasteiger charge is 2.07. The summed E-state index contributed by atoms with van der Waals surface area (Å²) < 4.78 is 2.17. The molecule has 0 aliphatic rings. The molecular weight excluding hydrogens is 250 g/mol. The number of nitrogens with zero attached hydrogens (tertiary/aromatic N) is 1. The minimum Gasteiger partial charge on any atom is -0.359 e. The van der Waals surface area contributed by atoms with E-state index in [-0.39, 0.29) is 5.91 Å². The Morgan fingerprint density at radius 2 is 2.15 bits per heavy atom. The van der Waals surface area contributed by atoms with E-state index < -0.39 is 0 Å². The van der Waals surface area contributed by atoms with E-state index in [4.69, 9.17) is 0 Å². The van der Waals surface area contributed by atoms with Crippen LogP contribution >= 0.6 is 0 Å². The normalized spacial score (nSPS) is 10.9. The Hall–Kier alpha value is -1.81. The van der Waals surface area contributed by atoms with E-state index in [1.54, 1.807) is 7.05 Å². The number of benzene rings is 1. The monoisotopic (exact) mass is 273 g/mol. The lowest BCUT2D eigenvalue weighted by Gasteiger charge is -2.10. The lowest BCUT2D eigenvalue weighted by Crippen LogP contribution is -2.19. The van der Waals surface area contributed by atoms with Gasteiger partial charge in [0.2, 0.25) is 5.91 Å². The number of amides is 1. The molecule has 20 heavy (non-hydrogen) atoms. The highest BCUT2D eigenvalue weighted by Crippen LogP contribution is 2.20. The molecule has 0 spiro atoms. The van der Waals surface area contributed by atoms with Gasteiger partial charge < -0.3 is 15.2 Å². The van der Waals surface area contributed by atoms with E-state index in [1.807, 2.05) is 0 Å². The van der Waals surface area contributed by atoms with Crippen LogP contribution < -0.4 is 10.6 Å². The van der Waals surface area contributed by atoms with Crippen molar-refractivity contribution in [3.05, 3.63) is 36.0 Å². The minimum atomic E-state index is 0.0773. The standard InChI is InChI=1S/C16H23N3O/c1-3-9-18-12-14-6-4-5-13-7-10-19(16(13)14)11-8-15(20)17-2/h4-7,10,18H,3,8-9,11-12H2,1-2H3,(H,17,20). The van der Waals surface area contributed by atoms with E-state index in [2.05, 4.69) is 52.6 Å². The third-order valence-electron chi connectivity index (χ3n) is 3.47. The summed E-state index contributed by atoms with van der Waals surface area (Å²) in [7, 11) is 1.68. The molecule has 2 rings (SSSR count). The second-order valence-electron chi connectivity index (χ2n) is 4.96. The minimum absolute atomic E-state index is 0.0773. The maximum absolute atomic E-state index is 11.4. The van der Waals surface area contributed by atoms with Gasteiger partial charge in [-0.05, 0) is 30.0 Å². The molecule has 0 saturated carbocycles. The van der Waals surface area contributed by atoms with Crippen molar-refractivity contribution in [3.63, 3.8) is 0 Å². The highest BCUT2D eigenvalue weighted by atomic mass is 16.1. The lowest BCUT2D eigenvalue weighted by molar-refractivity contribution is -0.120. The van der Waals surface area contributed by atoms with Gasteiger partial charge in [-0.3, -0.25) is 4.79 Å². The van der Waals surface area contributed by atoms with Crippen LogP contribution in [-0.4, -0.2) is 24.1 Å². The van der Waals surface area contributed by atoms with Crippen molar-refractivity contribution in [1.82, 2.24) is 15.2 Å². The molecular formula is C16H23N3O. The molecule has 0 atom stereocenters. The number of aromatic nitrogens is 1. The molecule has 0 unspecified atom stereocenters. The number of fused-ring (bicyclic) bond motifs is 1. The largest absolute Gasteiger partial charge is 0.359 e. The highest BCUT2D eigenvalue weighted by molar-refractivity contribution is 5.83. The maximum atomic E-state index is 11.4. The molecule has 0 aliphatic carbocycles. The average Bonchev–Trinajstić information content (AvgIpc) is 2.89. The molecule has 0 fully saturated rings. The van der Waals surface area contributed by atoms with Crippen molar-refractivity contribution >= 4 is 16.8 Å². The lowest BCUT2D eigenvalue weighted by atomic mass is 10.1. The van der Waals surface area contributed by atoms with E-state index >= 15 is 0 Å². The fraction of sp³-hybridized carbons (Fsp3) is 0.438. The predicted molar refractivity (Wildman–Crippen MR) is 82.6 cm³/mol. The first-order valence-corrected chi connectivity index (χ1v) is 7.24. The number of rotatable bonds is 7. The smallest absolute Gasteiger partial charge is 0.221 e. The Labute approximate surface area is 120 Å². The van der Waals surface area contributed by atoms with Crippen molar-refractivity contribution in [3.8, 4) is 0 Å². The van der Waals surface area contributed by atoms with Gasteiger partial charge in [0.05, 0.1) is 5.52 Å². The van der Waals surface area contributed by atoms with Gasteiger partial charge in [-0.1, -0.05) is 25.1 Å². The molecule has 2 aromatic rings. The number of carbonyl (C=O) groups excluding carboxylic acids is 1. The molecule has 108 valence electrons. The molecule has 4 heteroatoms. The summed E-state index contributed by atoms with van der Waals surface area (Å²) in [6.45, 7) is 4.78. The van der Waals surface area contributed by atoms with Crippen molar-refractivity contribution in [1.29, 1.82) is 0 Å².